The molecule has 9 heteroatoms. The molecule has 0 aliphatic carbocycles. The molecule has 0 heterocycles. The monoisotopic (exact) mass is 446 g/mol. The van der Waals surface area contributed by atoms with Gasteiger partial charge in [-0.2, -0.15) is 0 Å². The quantitative estimate of drug-likeness (QED) is 0.591. The Morgan fingerprint density at radius 2 is 1.71 bits per heavy atom. The SMILES string of the molecule is COc1ccc(C(=O)Nc2ccccc2F)cc1CN(c1ccc(F)cc1)S(C)(=O)=O. The van der Waals surface area contributed by atoms with E-state index in [9.17, 15) is 22.0 Å². The molecular weight excluding hydrogens is 426 g/mol. The molecule has 3 aromatic rings. The smallest absolute Gasteiger partial charge is 0.255 e. The lowest BCUT2D eigenvalue weighted by atomic mass is 10.1. The highest BCUT2D eigenvalue weighted by atomic mass is 32.2. The van der Waals surface area contributed by atoms with Crippen LogP contribution in [-0.4, -0.2) is 27.7 Å². The van der Waals surface area contributed by atoms with Gasteiger partial charge in [0.25, 0.3) is 5.91 Å². The van der Waals surface area contributed by atoms with Crippen molar-refractivity contribution in [1.82, 2.24) is 0 Å². The molecule has 1 amide bonds. The number of hydrogen-bond donors (Lipinski definition) is 1. The second-order valence-electron chi connectivity index (χ2n) is 6.71. The van der Waals surface area contributed by atoms with E-state index in [2.05, 4.69) is 5.32 Å². The first kappa shape index (κ1) is 22.2. The molecule has 0 radical (unpaired) electrons. The van der Waals surface area contributed by atoms with Gasteiger partial charge in [0.2, 0.25) is 10.0 Å². The number of nitrogens with one attached hydrogen (secondary N) is 1. The summed E-state index contributed by atoms with van der Waals surface area (Å²) >= 11 is 0. The summed E-state index contributed by atoms with van der Waals surface area (Å²) < 4.78 is 58.3. The number of methoxy groups -OCH3 is 1. The Morgan fingerprint density at radius 1 is 1.03 bits per heavy atom. The Bertz CT molecular complexity index is 1200. The highest BCUT2D eigenvalue weighted by Crippen LogP contribution is 2.27. The zero-order valence-corrected chi connectivity index (χ0v) is 17.6. The molecule has 1 N–H and O–H groups in total. The van der Waals surface area contributed by atoms with Crippen molar-refractivity contribution in [1.29, 1.82) is 0 Å². The molecule has 0 saturated carbocycles. The largest absolute Gasteiger partial charge is 0.496 e. The zero-order valence-electron chi connectivity index (χ0n) is 16.8. The third kappa shape index (κ3) is 5.37. The number of amides is 1. The summed E-state index contributed by atoms with van der Waals surface area (Å²) in [6, 6.07) is 15.2. The lowest BCUT2D eigenvalue weighted by Gasteiger charge is -2.24. The maximum absolute atomic E-state index is 13.8. The van der Waals surface area contributed by atoms with Crippen LogP contribution in [0.4, 0.5) is 20.2 Å². The lowest BCUT2D eigenvalue weighted by Crippen LogP contribution is -2.29. The number of nitrogens with zero attached hydrogens (tertiary/aromatic N) is 1. The van der Waals surface area contributed by atoms with E-state index < -0.39 is 27.6 Å². The number of rotatable bonds is 7. The van der Waals surface area contributed by atoms with Crippen LogP contribution >= 0.6 is 0 Å². The minimum Gasteiger partial charge on any atom is -0.496 e. The third-order valence-electron chi connectivity index (χ3n) is 4.49. The van der Waals surface area contributed by atoms with Crippen LogP contribution < -0.4 is 14.4 Å². The van der Waals surface area contributed by atoms with Crippen molar-refractivity contribution >= 4 is 27.3 Å². The van der Waals surface area contributed by atoms with Crippen LogP contribution in [0.5, 0.6) is 5.75 Å². The van der Waals surface area contributed by atoms with Crippen molar-refractivity contribution in [3.8, 4) is 5.75 Å². The van der Waals surface area contributed by atoms with Gasteiger partial charge in [-0.3, -0.25) is 9.10 Å². The molecule has 3 aromatic carbocycles. The fourth-order valence-corrected chi connectivity index (χ4v) is 3.84. The lowest BCUT2D eigenvalue weighted by molar-refractivity contribution is 0.102. The van der Waals surface area contributed by atoms with Gasteiger partial charge in [-0.05, 0) is 54.6 Å². The van der Waals surface area contributed by atoms with Gasteiger partial charge in [-0.1, -0.05) is 12.1 Å². The summed E-state index contributed by atoms with van der Waals surface area (Å²) in [6.07, 6.45) is 1.03. The summed E-state index contributed by atoms with van der Waals surface area (Å²) in [4.78, 5) is 12.6. The highest BCUT2D eigenvalue weighted by molar-refractivity contribution is 7.92. The van der Waals surface area contributed by atoms with Crippen molar-refractivity contribution in [2.45, 2.75) is 6.54 Å². The number of halogens is 2. The van der Waals surface area contributed by atoms with Crippen LogP contribution in [0.25, 0.3) is 0 Å². The van der Waals surface area contributed by atoms with E-state index >= 15 is 0 Å². The maximum Gasteiger partial charge on any atom is 0.255 e. The number of hydrogen-bond acceptors (Lipinski definition) is 4. The highest BCUT2D eigenvalue weighted by Gasteiger charge is 2.21. The molecule has 3 rings (SSSR count). The number of anilines is 2. The molecule has 0 spiro atoms. The van der Waals surface area contributed by atoms with Crippen LogP contribution in [0.1, 0.15) is 15.9 Å². The second-order valence-corrected chi connectivity index (χ2v) is 8.61. The molecule has 0 atom stereocenters. The predicted molar refractivity (Wildman–Crippen MR) is 115 cm³/mol. The summed E-state index contributed by atoms with van der Waals surface area (Å²) in [5.41, 5.74) is 0.867. The molecule has 0 unspecified atom stereocenters. The summed E-state index contributed by atoms with van der Waals surface area (Å²) in [7, 11) is -2.32. The molecule has 6 nitrogen and oxygen atoms in total. The molecule has 0 aliphatic rings. The summed E-state index contributed by atoms with van der Waals surface area (Å²) in [6.45, 7) is -0.158. The first-order valence-corrected chi connectivity index (χ1v) is 11.0. The van der Waals surface area contributed by atoms with Gasteiger partial charge in [0.05, 0.1) is 31.3 Å². The Morgan fingerprint density at radius 3 is 2.32 bits per heavy atom. The number of para-hydroxylation sites is 1. The standard InChI is InChI=1S/C22H20F2N2O4S/c1-30-21-12-7-15(22(27)25-20-6-4-3-5-19(20)24)13-16(21)14-26(31(2,28)29)18-10-8-17(23)9-11-18/h3-13H,14H2,1-2H3,(H,25,27). The van der Waals surface area contributed by atoms with Crippen LogP contribution in [-0.2, 0) is 16.6 Å². The van der Waals surface area contributed by atoms with E-state index in [1.54, 1.807) is 6.07 Å². The van der Waals surface area contributed by atoms with Crippen LogP contribution in [0.2, 0.25) is 0 Å². The number of ether oxygens (including phenoxy) is 1. The Kier molecular flexibility index (Phi) is 6.55. The molecular formula is C22H20F2N2O4S. The van der Waals surface area contributed by atoms with Gasteiger partial charge in [0, 0.05) is 11.1 Å². The first-order chi connectivity index (χ1) is 14.7. The van der Waals surface area contributed by atoms with Crippen molar-refractivity contribution < 1.29 is 26.7 Å². The third-order valence-corrected chi connectivity index (χ3v) is 5.63. The minimum absolute atomic E-state index is 0.0222. The van der Waals surface area contributed by atoms with Crippen molar-refractivity contribution in [3.63, 3.8) is 0 Å². The number of sulfonamides is 1. The van der Waals surface area contributed by atoms with E-state index in [-0.39, 0.29) is 23.5 Å². The van der Waals surface area contributed by atoms with Crippen molar-refractivity contribution in [3.05, 3.63) is 89.5 Å². The second kappa shape index (κ2) is 9.13. The Hall–Kier alpha value is -3.46. The van der Waals surface area contributed by atoms with Crippen LogP contribution in [0, 0.1) is 11.6 Å². The van der Waals surface area contributed by atoms with E-state index in [0.717, 1.165) is 22.7 Å². The van der Waals surface area contributed by atoms with E-state index in [4.69, 9.17) is 4.74 Å². The normalized spacial score (nSPS) is 11.1. The number of carbonyl (C=O) groups excluding carboxylic acids is 1. The summed E-state index contributed by atoms with van der Waals surface area (Å²) in [5.74, 6) is -1.29. The van der Waals surface area contributed by atoms with E-state index in [1.807, 2.05) is 0 Å². The Balaban J connectivity index is 1.94. The molecule has 162 valence electrons. The fraction of sp³-hybridized carbons (Fsp3) is 0.136. The Labute approximate surface area is 179 Å². The topological polar surface area (TPSA) is 75.7 Å². The maximum atomic E-state index is 13.8. The molecule has 0 bridgehead atoms. The predicted octanol–water partition coefficient (Wildman–Crippen LogP) is 4.19. The summed E-state index contributed by atoms with van der Waals surface area (Å²) in [5, 5.41) is 2.48. The van der Waals surface area contributed by atoms with Gasteiger partial charge in [0.1, 0.15) is 17.4 Å². The minimum atomic E-state index is -3.74. The molecule has 0 aromatic heterocycles. The average molecular weight is 446 g/mol. The van der Waals surface area contributed by atoms with Crippen LogP contribution in [0.3, 0.4) is 0 Å². The molecule has 0 fully saturated rings. The molecule has 0 saturated heterocycles. The first-order valence-electron chi connectivity index (χ1n) is 9.15. The van der Waals surface area contributed by atoms with Gasteiger partial charge in [-0.25, -0.2) is 17.2 Å². The molecule has 31 heavy (non-hydrogen) atoms. The average Bonchev–Trinajstić information content (AvgIpc) is 2.73. The number of carbonyl (C=O) groups is 1. The van der Waals surface area contributed by atoms with E-state index in [1.165, 1.54) is 55.6 Å². The van der Waals surface area contributed by atoms with Gasteiger partial charge < -0.3 is 10.1 Å². The van der Waals surface area contributed by atoms with Gasteiger partial charge in [0.15, 0.2) is 0 Å². The van der Waals surface area contributed by atoms with Gasteiger partial charge >= 0.3 is 0 Å². The van der Waals surface area contributed by atoms with Crippen LogP contribution in [0.15, 0.2) is 66.7 Å². The fourth-order valence-electron chi connectivity index (χ4n) is 2.96. The molecule has 0 aliphatic heterocycles. The van der Waals surface area contributed by atoms with E-state index in [0.29, 0.717) is 11.3 Å². The van der Waals surface area contributed by atoms with Crippen molar-refractivity contribution in [2.24, 2.45) is 0 Å². The van der Waals surface area contributed by atoms with Gasteiger partial charge in [-0.15, -0.1) is 0 Å². The zero-order chi connectivity index (χ0) is 22.6. The van der Waals surface area contributed by atoms with Crippen molar-refractivity contribution in [2.75, 3.05) is 23.0 Å². The number of benzene rings is 3.